The predicted molar refractivity (Wildman–Crippen MR) is 54.0 cm³/mol. The molecule has 0 bridgehead atoms. The molecule has 0 amide bonds. The van der Waals surface area contributed by atoms with Crippen molar-refractivity contribution in [3.05, 3.63) is 42.8 Å². The van der Waals surface area contributed by atoms with Crippen molar-refractivity contribution >= 4 is 0 Å². The molecule has 1 aromatic carbocycles. The first-order valence-corrected chi connectivity index (χ1v) is 4.62. The van der Waals surface area contributed by atoms with E-state index in [4.69, 9.17) is 5.26 Å². The summed E-state index contributed by atoms with van der Waals surface area (Å²) in [5.41, 5.74) is 1.12. The Bertz CT molecular complexity index is 271. The standard InChI is InChI=1S/C12H14N/c1-2-3-7-12(10-13)11-8-5-4-6-9-11/h4-6,8-9,12H,1-3,7H2. The van der Waals surface area contributed by atoms with Crippen LogP contribution >= 0.6 is 0 Å². The fraction of sp³-hybridized carbons (Fsp3) is 0.333. The van der Waals surface area contributed by atoms with E-state index in [1.165, 1.54) is 0 Å². The lowest BCUT2D eigenvalue weighted by molar-refractivity contribution is 0.692. The first kappa shape index (κ1) is 9.80. The summed E-state index contributed by atoms with van der Waals surface area (Å²) in [4.78, 5) is 0. The zero-order valence-corrected chi connectivity index (χ0v) is 7.74. The van der Waals surface area contributed by atoms with Crippen molar-refractivity contribution < 1.29 is 0 Å². The Labute approximate surface area is 80.0 Å². The van der Waals surface area contributed by atoms with Gasteiger partial charge in [0.2, 0.25) is 0 Å². The first-order chi connectivity index (χ1) is 6.38. The number of nitrogens with zero attached hydrogens (tertiary/aromatic N) is 1. The fourth-order valence-corrected chi connectivity index (χ4v) is 1.34. The molecule has 0 fully saturated rings. The Kier molecular flexibility index (Phi) is 4.05. The Morgan fingerprint density at radius 1 is 1.31 bits per heavy atom. The van der Waals surface area contributed by atoms with E-state index in [-0.39, 0.29) is 5.92 Å². The molecule has 0 heterocycles. The van der Waals surface area contributed by atoms with Crippen molar-refractivity contribution in [1.29, 1.82) is 5.26 Å². The van der Waals surface area contributed by atoms with E-state index in [2.05, 4.69) is 13.0 Å². The first-order valence-electron chi connectivity index (χ1n) is 4.62. The van der Waals surface area contributed by atoms with E-state index in [0.717, 1.165) is 24.8 Å². The van der Waals surface area contributed by atoms with Gasteiger partial charge >= 0.3 is 0 Å². The molecule has 67 valence electrons. The number of hydrogen-bond acceptors (Lipinski definition) is 1. The highest BCUT2D eigenvalue weighted by Crippen LogP contribution is 2.20. The predicted octanol–water partition coefficient (Wildman–Crippen LogP) is 3.30. The van der Waals surface area contributed by atoms with Crippen molar-refractivity contribution in [2.75, 3.05) is 0 Å². The van der Waals surface area contributed by atoms with E-state index >= 15 is 0 Å². The largest absolute Gasteiger partial charge is 0.198 e. The Hall–Kier alpha value is -1.29. The van der Waals surface area contributed by atoms with Gasteiger partial charge in [-0.25, -0.2) is 0 Å². The van der Waals surface area contributed by atoms with Gasteiger partial charge in [0.25, 0.3) is 0 Å². The van der Waals surface area contributed by atoms with Crippen molar-refractivity contribution in [2.45, 2.75) is 25.2 Å². The SMILES string of the molecule is [CH2]CCCC(C#N)c1ccccc1. The average molecular weight is 172 g/mol. The quantitative estimate of drug-likeness (QED) is 0.683. The van der Waals surface area contributed by atoms with Gasteiger partial charge in [-0.15, -0.1) is 0 Å². The molecule has 0 spiro atoms. The monoisotopic (exact) mass is 172 g/mol. The van der Waals surface area contributed by atoms with Crippen molar-refractivity contribution in [1.82, 2.24) is 0 Å². The van der Waals surface area contributed by atoms with Gasteiger partial charge in [-0.2, -0.15) is 5.26 Å². The molecule has 0 aliphatic carbocycles. The van der Waals surface area contributed by atoms with Crippen LogP contribution in [0.1, 0.15) is 30.7 Å². The summed E-state index contributed by atoms with van der Waals surface area (Å²) >= 11 is 0. The maximum Gasteiger partial charge on any atom is 0.0712 e. The summed E-state index contributed by atoms with van der Waals surface area (Å²) in [5.74, 6) is 0.0444. The third-order valence-electron chi connectivity index (χ3n) is 2.10. The minimum Gasteiger partial charge on any atom is -0.198 e. The van der Waals surface area contributed by atoms with Gasteiger partial charge in [-0.3, -0.25) is 0 Å². The molecule has 0 N–H and O–H groups in total. The van der Waals surface area contributed by atoms with E-state index < -0.39 is 0 Å². The molecule has 1 heteroatoms. The highest BCUT2D eigenvalue weighted by Gasteiger charge is 2.08. The molecular formula is C12H14N. The minimum absolute atomic E-state index is 0.0444. The lowest BCUT2D eigenvalue weighted by atomic mass is 9.95. The second-order valence-corrected chi connectivity index (χ2v) is 3.09. The molecule has 0 aliphatic rings. The lowest BCUT2D eigenvalue weighted by Crippen LogP contribution is -1.94. The molecule has 0 saturated heterocycles. The molecule has 13 heavy (non-hydrogen) atoms. The molecule has 0 aromatic heterocycles. The van der Waals surface area contributed by atoms with Gasteiger partial charge in [-0.05, 0) is 12.0 Å². The van der Waals surface area contributed by atoms with Crippen LogP contribution in [0.15, 0.2) is 30.3 Å². The maximum absolute atomic E-state index is 8.94. The van der Waals surface area contributed by atoms with Gasteiger partial charge in [0.15, 0.2) is 0 Å². The van der Waals surface area contributed by atoms with Crippen molar-refractivity contribution in [2.24, 2.45) is 0 Å². The zero-order chi connectivity index (χ0) is 9.52. The molecule has 1 rings (SSSR count). The molecular weight excluding hydrogens is 158 g/mol. The smallest absolute Gasteiger partial charge is 0.0712 e. The highest BCUT2D eigenvalue weighted by molar-refractivity contribution is 5.24. The van der Waals surface area contributed by atoms with Crippen LogP contribution in [-0.4, -0.2) is 0 Å². The second kappa shape index (κ2) is 5.37. The Morgan fingerprint density at radius 2 is 2.00 bits per heavy atom. The number of nitriles is 1. The highest BCUT2D eigenvalue weighted by atomic mass is 14.3. The number of benzene rings is 1. The Balaban J connectivity index is 2.63. The van der Waals surface area contributed by atoms with Crippen molar-refractivity contribution in [3.8, 4) is 6.07 Å². The normalized spacial score (nSPS) is 12.0. The van der Waals surface area contributed by atoms with Crippen LogP contribution < -0.4 is 0 Å². The Morgan fingerprint density at radius 3 is 2.54 bits per heavy atom. The maximum atomic E-state index is 8.94. The second-order valence-electron chi connectivity index (χ2n) is 3.09. The van der Waals surface area contributed by atoms with Crippen LogP contribution in [0.5, 0.6) is 0 Å². The van der Waals surface area contributed by atoms with Crippen LogP contribution in [0, 0.1) is 18.3 Å². The molecule has 1 atom stereocenters. The molecule has 1 nitrogen and oxygen atoms in total. The average Bonchev–Trinajstić information content (AvgIpc) is 2.21. The number of rotatable bonds is 4. The van der Waals surface area contributed by atoms with Gasteiger partial charge in [0.05, 0.1) is 12.0 Å². The lowest BCUT2D eigenvalue weighted by Gasteiger charge is -2.07. The summed E-state index contributed by atoms with van der Waals surface area (Å²) in [7, 11) is 0. The van der Waals surface area contributed by atoms with E-state index in [1.54, 1.807) is 0 Å². The molecule has 1 radical (unpaired) electrons. The van der Waals surface area contributed by atoms with E-state index in [9.17, 15) is 0 Å². The molecule has 1 aromatic rings. The zero-order valence-electron chi connectivity index (χ0n) is 7.74. The molecule has 0 aliphatic heterocycles. The van der Waals surface area contributed by atoms with Crippen LogP contribution in [0.3, 0.4) is 0 Å². The van der Waals surface area contributed by atoms with Gasteiger partial charge in [0.1, 0.15) is 0 Å². The van der Waals surface area contributed by atoms with Crippen LogP contribution in [-0.2, 0) is 0 Å². The third-order valence-corrected chi connectivity index (χ3v) is 2.10. The van der Waals surface area contributed by atoms with E-state index in [0.29, 0.717) is 0 Å². The third kappa shape index (κ3) is 2.91. The molecule has 1 unspecified atom stereocenters. The summed E-state index contributed by atoms with van der Waals surface area (Å²) in [6.45, 7) is 3.78. The van der Waals surface area contributed by atoms with Gasteiger partial charge < -0.3 is 0 Å². The van der Waals surface area contributed by atoms with Crippen molar-refractivity contribution in [3.63, 3.8) is 0 Å². The summed E-state index contributed by atoms with van der Waals surface area (Å²) in [6, 6.07) is 12.3. The van der Waals surface area contributed by atoms with Crippen LogP contribution in [0.25, 0.3) is 0 Å². The van der Waals surface area contributed by atoms with Gasteiger partial charge in [-0.1, -0.05) is 50.1 Å². The molecule has 0 saturated carbocycles. The summed E-state index contributed by atoms with van der Waals surface area (Å²) < 4.78 is 0. The number of unbranched alkanes of at least 4 members (excludes halogenated alkanes) is 1. The summed E-state index contributed by atoms with van der Waals surface area (Å²) in [5, 5.41) is 8.94. The minimum atomic E-state index is 0.0444. The van der Waals surface area contributed by atoms with Crippen LogP contribution in [0.2, 0.25) is 0 Å². The fourth-order valence-electron chi connectivity index (χ4n) is 1.34. The summed E-state index contributed by atoms with van der Waals surface area (Å²) in [6.07, 6.45) is 2.85. The van der Waals surface area contributed by atoms with Crippen LogP contribution in [0.4, 0.5) is 0 Å². The topological polar surface area (TPSA) is 23.8 Å². The van der Waals surface area contributed by atoms with Gasteiger partial charge in [0, 0.05) is 0 Å². The number of hydrogen-bond donors (Lipinski definition) is 0. The van der Waals surface area contributed by atoms with E-state index in [1.807, 2.05) is 30.3 Å².